The number of aromatic nitrogens is 2. The van der Waals surface area contributed by atoms with Crippen LogP contribution in [0.2, 0.25) is 5.02 Å². The molecule has 140 valence electrons. The van der Waals surface area contributed by atoms with Crippen molar-refractivity contribution < 1.29 is 9.47 Å². The molecule has 3 rings (SSSR count). The van der Waals surface area contributed by atoms with Gasteiger partial charge in [-0.2, -0.15) is 4.98 Å². The fourth-order valence-corrected chi connectivity index (χ4v) is 3.05. The predicted octanol–water partition coefficient (Wildman–Crippen LogP) is 4.85. The lowest BCUT2D eigenvalue weighted by Gasteiger charge is -2.17. The van der Waals surface area contributed by atoms with E-state index < -0.39 is 0 Å². The van der Waals surface area contributed by atoms with Crippen LogP contribution in [0.5, 0.6) is 17.2 Å². The number of nitrogens with one attached hydrogen (secondary N) is 1. The van der Waals surface area contributed by atoms with Crippen LogP contribution in [0, 0.1) is 5.92 Å². The Hall–Kier alpha value is -2.21. The van der Waals surface area contributed by atoms with Gasteiger partial charge in [0.15, 0.2) is 11.6 Å². The summed E-state index contributed by atoms with van der Waals surface area (Å²) in [5.74, 6) is 3.36. The van der Waals surface area contributed by atoms with Crippen molar-refractivity contribution in [1.82, 2.24) is 9.97 Å². The van der Waals surface area contributed by atoms with E-state index in [0.717, 1.165) is 5.56 Å². The molecule has 0 aliphatic heterocycles. The summed E-state index contributed by atoms with van der Waals surface area (Å²) < 4.78 is 11.3. The molecule has 1 aliphatic carbocycles. The smallest absolute Gasteiger partial charge is 0.225 e. The van der Waals surface area contributed by atoms with Crippen molar-refractivity contribution in [1.29, 1.82) is 0 Å². The maximum Gasteiger partial charge on any atom is 0.225 e. The van der Waals surface area contributed by atoms with Crippen molar-refractivity contribution in [3.05, 3.63) is 28.9 Å². The molecule has 1 saturated carbocycles. The standard InChI is InChI=1S/C19H25ClN4O2/c1-10(2)13-7-16(25-4)14(20)8-15(13)26-17-9-22-19(24-18(17)21)23-11(3)12-5-6-12/h7-12H,5-6H2,1-4H3,(H3,21,22,23,24). The van der Waals surface area contributed by atoms with Crippen LogP contribution >= 0.6 is 11.6 Å². The normalized spacial score (nSPS) is 15.0. The zero-order valence-corrected chi connectivity index (χ0v) is 16.3. The zero-order chi connectivity index (χ0) is 18.8. The van der Waals surface area contributed by atoms with E-state index in [1.165, 1.54) is 12.8 Å². The van der Waals surface area contributed by atoms with Crippen LogP contribution in [0.15, 0.2) is 18.3 Å². The Bertz CT molecular complexity index is 793. The number of nitrogens with two attached hydrogens (primary N) is 1. The summed E-state index contributed by atoms with van der Waals surface area (Å²) in [6.07, 6.45) is 4.09. The SMILES string of the molecule is COc1cc(C(C)C)c(Oc2cnc(NC(C)C3CC3)nc2N)cc1Cl. The maximum absolute atomic E-state index is 6.25. The van der Waals surface area contributed by atoms with Crippen molar-refractivity contribution in [3.8, 4) is 17.2 Å². The number of methoxy groups -OCH3 is 1. The van der Waals surface area contributed by atoms with E-state index in [4.69, 9.17) is 26.8 Å². The fourth-order valence-electron chi connectivity index (χ4n) is 2.82. The van der Waals surface area contributed by atoms with Gasteiger partial charge in [-0.25, -0.2) is 4.98 Å². The number of benzene rings is 1. The number of hydrogen-bond donors (Lipinski definition) is 2. The summed E-state index contributed by atoms with van der Waals surface area (Å²) in [7, 11) is 1.59. The van der Waals surface area contributed by atoms with E-state index >= 15 is 0 Å². The highest BCUT2D eigenvalue weighted by Crippen LogP contribution is 2.39. The van der Waals surface area contributed by atoms with Gasteiger partial charge < -0.3 is 20.5 Å². The third-order valence-corrected chi connectivity index (χ3v) is 4.89. The van der Waals surface area contributed by atoms with Gasteiger partial charge in [-0.05, 0) is 37.7 Å². The highest BCUT2D eigenvalue weighted by molar-refractivity contribution is 6.32. The summed E-state index contributed by atoms with van der Waals surface area (Å²) >= 11 is 6.25. The molecular formula is C19H25ClN4O2. The summed E-state index contributed by atoms with van der Waals surface area (Å²) in [5.41, 5.74) is 7.05. The lowest BCUT2D eigenvalue weighted by molar-refractivity contribution is 0.411. The molecule has 1 aromatic carbocycles. The Morgan fingerprint density at radius 1 is 1.19 bits per heavy atom. The quantitative estimate of drug-likeness (QED) is 0.718. The summed E-state index contributed by atoms with van der Waals surface area (Å²) in [6, 6.07) is 3.96. The van der Waals surface area contributed by atoms with E-state index in [2.05, 4.69) is 36.1 Å². The molecule has 6 nitrogen and oxygen atoms in total. The molecular weight excluding hydrogens is 352 g/mol. The molecule has 3 N–H and O–H groups in total. The summed E-state index contributed by atoms with van der Waals surface area (Å²) in [5, 5.41) is 3.77. The van der Waals surface area contributed by atoms with E-state index in [0.29, 0.717) is 40.2 Å². The van der Waals surface area contributed by atoms with Gasteiger partial charge in [-0.3, -0.25) is 0 Å². The minimum atomic E-state index is 0.221. The highest BCUT2D eigenvalue weighted by atomic mass is 35.5. The average molecular weight is 377 g/mol. The van der Waals surface area contributed by atoms with Crippen molar-refractivity contribution >= 4 is 23.4 Å². The second-order valence-electron chi connectivity index (χ2n) is 6.99. The summed E-state index contributed by atoms with van der Waals surface area (Å²) in [6.45, 7) is 6.28. The molecule has 1 unspecified atom stereocenters. The van der Waals surface area contributed by atoms with Gasteiger partial charge in [0.25, 0.3) is 0 Å². The fraction of sp³-hybridized carbons (Fsp3) is 0.474. The molecule has 0 radical (unpaired) electrons. The largest absolute Gasteiger partial charge is 0.495 e. The number of ether oxygens (including phenoxy) is 2. The van der Waals surface area contributed by atoms with Crippen molar-refractivity contribution in [2.75, 3.05) is 18.2 Å². The number of hydrogen-bond acceptors (Lipinski definition) is 6. The third kappa shape index (κ3) is 4.12. The molecule has 1 atom stereocenters. The van der Waals surface area contributed by atoms with Gasteiger partial charge >= 0.3 is 0 Å². The monoisotopic (exact) mass is 376 g/mol. The van der Waals surface area contributed by atoms with Gasteiger partial charge in [0.05, 0.1) is 18.3 Å². The summed E-state index contributed by atoms with van der Waals surface area (Å²) in [4.78, 5) is 8.65. The predicted molar refractivity (Wildman–Crippen MR) is 104 cm³/mol. The van der Waals surface area contributed by atoms with E-state index in [-0.39, 0.29) is 11.7 Å². The first-order valence-corrected chi connectivity index (χ1v) is 9.21. The topological polar surface area (TPSA) is 82.3 Å². The van der Waals surface area contributed by atoms with Crippen molar-refractivity contribution in [3.63, 3.8) is 0 Å². The van der Waals surface area contributed by atoms with Gasteiger partial charge in [0, 0.05) is 17.7 Å². The van der Waals surface area contributed by atoms with Crippen molar-refractivity contribution in [2.24, 2.45) is 5.92 Å². The Kier molecular flexibility index (Phi) is 5.41. The van der Waals surface area contributed by atoms with Crippen LogP contribution < -0.4 is 20.5 Å². The molecule has 7 heteroatoms. The zero-order valence-electron chi connectivity index (χ0n) is 15.5. The van der Waals surface area contributed by atoms with Crippen LogP contribution in [0.4, 0.5) is 11.8 Å². The van der Waals surface area contributed by atoms with E-state index in [1.54, 1.807) is 19.4 Å². The van der Waals surface area contributed by atoms with Crippen LogP contribution in [-0.4, -0.2) is 23.1 Å². The van der Waals surface area contributed by atoms with Gasteiger partial charge in [0.1, 0.15) is 11.5 Å². The maximum atomic E-state index is 6.25. The number of rotatable bonds is 7. The minimum Gasteiger partial charge on any atom is -0.495 e. The average Bonchev–Trinajstić information content (AvgIpc) is 3.42. The molecule has 1 aromatic heterocycles. The van der Waals surface area contributed by atoms with Crippen molar-refractivity contribution in [2.45, 2.75) is 45.6 Å². The molecule has 0 saturated heterocycles. The van der Waals surface area contributed by atoms with Gasteiger partial charge in [-0.15, -0.1) is 0 Å². The molecule has 1 heterocycles. The molecule has 0 spiro atoms. The molecule has 26 heavy (non-hydrogen) atoms. The first kappa shape index (κ1) is 18.6. The van der Waals surface area contributed by atoms with E-state index in [1.807, 2.05) is 6.07 Å². The Balaban J connectivity index is 1.83. The second-order valence-corrected chi connectivity index (χ2v) is 7.40. The highest BCUT2D eigenvalue weighted by Gasteiger charge is 2.28. The van der Waals surface area contributed by atoms with Crippen LogP contribution in [-0.2, 0) is 0 Å². The first-order chi connectivity index (χ1) is 12.4. The lowest BCUT2D eigenvalue weighted by atomic mass is 10.0. The number of anilines is 2. The molecule has 2 aromatic rings. The Labute approximate surface area is 159 Å². The Morgan fingerprint density at radius 2 is 1.92 bits per heavy atom. The van der Waals surface area contributed by atoms with E-state index in [9.17, 15) is 0 Å². The van der Waals surface area contributed by atoms with Gasteiger partial charge in [-0.1, -0.05) is 25.4 Å². The minimum absolute atomic E-state index is 0.221. The first-order valence-electron chi connectivity index (χ1n) is 8.83. The van der Waals surface area contributed by atoms with Gasteiger partial charge in [0.2, 0.25) is 5.95 Å². The second kappa shape index (κ2) is 7.58. The molecule has 0 bridgehead atoms. The molecule has 1 fully saturated rings. The molecule has 1 aliphatic rings. The number of nitrogens with zero attached hydrogens (tertiary/aromatic N) is 2. The molecule has 0 amide bonds. The third-order valence-electron chi connectivity index (χ3n) is 4.59. The Morgan fingerprint density at radius 3 is 2.50 bits per heavy atom. The lowest BCUT2D eigenvalue weighted by Crippen LogP contribution is -2.19. The number of nitrogen functional groups attached to an aromatic ring is 1. The number of halogens is 1. The van der Waals surface area contributed by atoms with Crippen LogP contribution in [0.1, 0.15) is 45.1 Å². The van der Waals surface area contributed by atoms with Crippen LogP contribution in [0.3, 0.4) is 0 Å². The van der Waals surface area contributed by atoms with Crippen LogP contribution in [0.25, 0.3) is 0 Å².